The van der Waals surface area contributed by atoms with Crippen LogP contribution in [0.25, 0.3) is 0 Å². The van der Waals surface area contributed by atoms with Crippen LogP contribution in [-0.2, 0) is 20.1 Å². The highest BCUT2D eigenvalue weighted by molar-refractivity contribution is 4.91. The fourth-order valence-corrected chi connectivity index (χ4v) is 1.33. The largest absolute Gasteiger partial charge is 0.460 e. The number of ether oxygens (including phenoxy) is 1. The zero-order valence-electron chi connectivity index (χ0n) is 9.87. The molecule has 0 aliphatic carbocycles. The van der Waals surface area contributed by atoms with E-state index in [1.54, 1.807) is 22.7 Å². The van der Waals surface area contributed by atoms with E-state index in [0.29, 0.717) is 25.7 Å². The summed E-state index contributed by atoms with van der Waals surface area (Å²) in [6, 6.07) is 0.378. The normalized spacial score (nSPS) is 10.7. The Kier molecular flexibility index (Phi) is 3.66. The van der Waals surface area contributed by atoms with Crippen LogP contribution in [-0.4, -0.2) is 43.4 Å². The Morgan fingerprint density at radius 1 is 1.47 bits per heavy atom. The summed E-state index contributed by atoms with van der Waals surface area (Å²) in [4.78, 5) is 3.96. The first-order valence-electron chi connectivity index (χ1n) is 5.30. The number of aromatic nitrogens is 6. The van der Waals surface area contributed by atoms with Gasteiger partial charge in [-0.2, -0.15) is 4.98 Å². The predicted octanol–water partition coefficient (Wildman–Crippen LogP) is -0.795. The van der Waals surface area contributed by atoms with Gasteiger partial charge < -0.3 is 10.1 Å². The smallest absolute Gasteiger partial charge is 0.335 e. The summed E-state index contributed by atoms with van der Waals surface area (Å²) in [7, 11) is 3.66. The van der Waals surface area contributed by atoms with E-state index in [1.165, 1.54) is 0 Å². The second kappa shape index (κ2) is 5.39. The first-order chi connectivity index (χ1) is 8.28. The van der Waals surface area contributed by atoms with Crippen LogP contribution in [0.4, 0.5) is 0 Å². The maximum Gasteiger partial charge on any atom is 0.335 e. The highest BCUT2D eigenvalue weighted by Gasteiger charge is 2.01. The van der Waals surface area contributed by atoms with Crippen molar-refractivity contribution in [3.63, 3.8) is 0 Å². The molecule has 0 radical (unpaired) electrons. The van der Waals surface area contributed by atoms with Gasteiger partial charge in [-0.1, -0.05) is 5.21 Å². The van der Waals surface area contributed by atoms with Crippen LogP contribution in [0.5, 0.6) is 6.01 Å². The molecular weight excluding hydrogens is 222 g/mol. The SMILES string of the molecule is CNCc1cn(CCOc2ncn(C)n2)nn1. The Morgan fingerprint density at radius 3 is 3.06 bits per heavy atom. The molecule has 2 aromatic heterocycles. The van der Waals surface area contributed by atoms with Crippen LogP contribution in [0.15, 0.2) is 12.5 Å². The second-order valence-corrected chi connectivity index (χ2v) is 3.55. The number of nitrogens with one attached hydrogen (secondary N) is 1. The minimum absolute atomic E-state index is 0.378. The molecule has 0 atom stereocenters. The maximum atomic E-state index is 5.35. The second-order valence-electron chi connectivity index (χ2n) is 3.55. The van der Waals surface area contributed by atoms with E-state index >= 15 is 0 Å². The van der Waals surface area contributed by atoms with Gasteiger partial charge in [0.1, 0.15) is 12.9 Å². The van der Waals surface area contributed by atoms with Crippen LogP contribution in [0.2, 0.25) is 0 Å². The molecule has 2 heterocycles. The Labute approximate surface area is 98.6 Å². The highest BCUT2D eigenvalue weighted by Crippen LogP contribution is 1.98. The number of rotatable bonds is 6. The fourth-order valence-electron chi connectivity index (χ4n) is 1.33. The monoisotopic (exact) mass is 237 g/mol. The zero-order valence-corrected chi connectivity index (χ0v) is 9.87. The van der Waals surface area contributed by atoms with Gasteiger partial charge in [-0.05, 0) is 7.05 Å². The molecule has 2 rings (SSSR count). The molecule has 0 amide bonds. The lowest BCUT2D eigenvalue weighted by atomic mass is 10.5. The molecule has 0 saturated carbocycles. The van der Waals surface area contributed by atoms with Crippen molar-refractivity contribution in [2.45, 2.75) is 13.1 Å². The zero-order chi connectivity index (χ0) is 12.1. The molecule has 1 N–H and O–H groups in total. The lowest BCUT2D eigenvalue weighted by Gasteiger charge is -2.00. The lowest BCUT2D eigenvalue weighted by molar-refractivity contribution is 0.268. The average Bonchev–Trinajstić information content (AvgIpc) is 2.89. The molecule has 8 nitrogen and oxygen atoms in total. The minimum atomic E-state index is 0.378. The summed E-state index contributed by atoms with van der Waals surface area (Å²) in [5.41, 5.74) is 0.906. The van der Waals surface area contributed by atoms with Gasteiger partial charge in [0, 0.05) is 19.8 Å². The molecule has 0 unspecified atom stereocenters. The number of hydrogen-bond donors (Lipinski definition) is 1. The van der Waals surface area contributed by atoms with Crippen LogP contribution in [0.1, 0.15) is 5.69 Å². The van der Waals surface area contributed by atoms with Crippen molar-refractivity contribution in [2.75, 3.05) is 13.7 Å². The van der Waals surface area contributed by atoms with Crippen molar-refractivity contribution >= 4 is 0 Å². The summed E-state index contributed by atoms with van der Waals surface area (Å²) >= 11 is 0. The number of aryl methyl sites for hydroxylation is 1. The lowest BCUT2D eigenvalue weighted by Crippen LogP contribution is -2.09. The van der Waals surface area contributed by atoms with E-state index in [9.17, 15) is 0 Å². The maximum absolute atomic E-state index is 5.35. The molecule has 0 saturated heterocycles. The van der Waals surface area contributed by atoms with Crippen LogP contribution < -0.4 is 10.1 Å². The molecule has 2 aromatic rings. The van der Waals surface area contributed by atoms with Gasteiger partial charge in [0.05, 0.1) is 12.2 Å². The van der Waals surface area contributed by atoms with Crippen LogP contribution in [0.3, 0.4) is 0 Å². The third kappa shape index (κ3) is 3.25. The van der Waals surface area contributed by atoms with E-state index in [-0.39, 0.29) is 0 Å². The molecule has 0 fully saturated rings. The van der Waals surface area contributed by atoms with E-state index in [2.05, 4.69) is 25.7 Å². The van der Waals surface area contributed by atoms with Gasteiger partial charge in [0.15, 0.2) is 0 Å². The molecule has 0 bridgehead atoms. The predicted molar refractivity (Wildman–Crippen MR) is 59.3 cm³/mol. The fraction of sp³-hybridized carbons (Fsp3) is 0.556. The van der Waals surface area contributed by atoms with Gasteiger partial charge in [0.2, 0.25) is 0 Å². The summed E-state index contributed by atoms with van der Waals surface area (Å²) < 4.78 is 8.68. The van der Waals surface area contributed by atoms with Gasteiger partial charge in [0.25, 0.3) is 0 Å². The molecule has 0 aromatic carbocycles. The van der Waals surface area contributed by atoms with Gasteiger partial charge >= 0.3 is 6.01 Å². The standard InChI is InChI=1S/C9H15N7O/c1-10-5-8-6-16(14-12-8)3-4-17-9-11-7-15(2)13-9/h6-7,10H,3-5H2,1-2H3. The average molecular weight is 237 g/mol. The van der Waals surface area contributed by atoms with Gasteiger partial charge in [-0.25, -0.2) is 4.68 Å². The molecule has 92 valence electrons. The minimum Gasteiger partial charge on any atom is -0.460 e. The number of nitrogens with zero attached hydrogens (tertiary/aromatic N) is 6. The van der Waals surface area contributed by atoms with Gasteiger partial charge in [-0.15, -0.1) is 10.2 Å². The van der Waals surface area contributed by atoms with Crippen LogP contribution >= 0.6 is 0 Å². The third-order valence-electron chi connectivity index (χ3n) is 2.07. The van der Waals surface area contributed by atoms with Crippen LogP contribution in [0, 0.1) is 0 Å². The summed E-state index contributed by atoms with van der Waals surface area (Å²) in [6.07, 6.45) is 3.47. The molecule has 8 heteroatoms. The quantitative estimate of drug-likeness (QED) is 0.708. The molecular formula is C9H15N7O. The Bertz CT molecular complexity index is 463. The molecule has 0 aliphatic heterocycles. The third-order valence-corrected chi connectivity index (χ3v) is 2.07. The van der Waals surface area contributed by atoms with E-state index in [4.69, 9.17) is 4.74 Å². The molecule has 0 spiro atoms. The number of hydrogen-bond acceptors (Lipinski definition) is 6. The van der Waals surface area contributed by atoms with E-state index < -0.39 is 0 Å². The van der Waals surface area contributed by atoms with Crippen molar-refractivity contribution in [3.8, 4) is 6.01 Å². The Balaban J connectivity index is 1.77. The first-order valence-corrected chi connectivity index (χ1v) is 5.30. The van der Waals surface area contributed by atoms with Crippen molar-refractivity contribution in [1.82, 2.24) is 35.1 Å². The van der Waals surface area contributed by atoms with E-state index in [1.807, 2.05) is 13.2 Å². The first kappa shape index (κ1) is 11.5. The topological polar surface area (TPSA) is 82.7 Å². The Morgan fingerprint density at radius 2 is 2.35 bits per heavy atom. The summed E-state index contributed by atoms with van der Waals surface area (Å²) in [5.74, 6) is 0. The van der Waals surface area contributed by atoms with Gasteiger partial charge in [-0.3, -0.25) is 4.68 Å². The Hall–Kier alpha value is -1.96. The van der Waals surface area contributed by atoms with E-state index in [0.717, 1.165) is 5.69 Å². The molecule has 0 aliphatic rings. The highest BCUT2D eigenvalue weighted by atomic mass is 16.5. The summed E-state index contributed by atoms with van der Waals surface area (Å²) in [6.45, 7) is 1.80. The van der Waals surface area contributed by atoms with Crippen molar-refractivity contribution in [2.24, 2.45) is 7.05 Å². The van der Waals surface area contributed by atoms with Crippen molar-refractivity contribution in [3.05, 3.63) is 18.2 Å². The summed E-state index contributed by atoms with van der Waals surface area (Å²) in [5, 5.41) is 15.0. The molecule has 17 heavy (non-hydrogen) atoms. The van der Waals surface area contributed by atoms with Crippen molar-refractivity contribution < 1.29 is 4.74 Å². The van der Waals surface area contributed by atoms with Crippen molar-refractivity contribution in [1.29, 1.82) is 0 Å².